The van der Waals surface area contributed by atoms with Crippen molar-refractivity contribution in [3.63, 3.8) is 0 Å². The molecule has 0 aliphatic carbocycles. The lowest BCUT2D eigenvalue weighted by molar-refractivity contribution is 0.0604. The average Bonchev–Trinajstić information content (AvgIpc) is 2.49. The van der Waals surface area contributed by atoms with Gasteiger partial charge in [-0.15, -0.1) is 0 Å². The van der Waals surface area contributed by atoms with Gasteiger partial charge < -0.3 is 4.90 Å². The van der Waals surface area contributed by atoms with Gasteiger partial charge in [-0.1, -0.05) is 25.1 Å². The van der Waals surface area contributed by atoms with Crippen LogP contribution in [-0.4, -0.2) is 47.9 Å². The van der Waals surface area contributed by atoms with E-state index in [-0.39, 0.29) is 11.9 Å². The van der Waals surface area contributed by atoms with Crippen molar-refractivity contribution in [2.75, 3.05) is 26.2 Å². The highest BCUT2D eigenvalue weighted by Gasteiger charge is 2.26. The van der Waals surface area contributed by atoms with Crippen molar-refractivity contribution in [2.45, 2.75) is 26.3 Å². The molecule has 20 heavy (non-hydrogen) atoms. The highest BCUT2D eigenvalue weighted by atomic mass is 16.2. The zero-order valence-electron chi connectivity index (χ0n) is 12.2. The number of carbonyl (C=O) groups is 1. The SMILES string of the molecule is CCC(C#N)N1CCN(C(=O)c2ccccc2C)CC1. The van der Waals surface area contributed by atoms with Crippen LogP contribution in [0.4, 0.5) is 0 Å². The van der Waals surface area contributed by atoms with E-state index in [9.17, 15) is 4.79 Å². The van der Waals surface area contributed by atoms with E-state index < -0.39 is 0 Å². The number of amides is 1. The summed E-state index contributed by atoms with van der Waals surface area (Å²) in [6, 6.07) is 10.0. The largest absolute Gasteiger partial charge is 0.336 e. The van der Waals surface area contributed by atoms with Crippen LogP contribution in [0.25, 0.3) is 0 Å². The summed E-state index contributed by atoms with van der Waals surface area (Å²) in [6.07, 6.45) is 0.836. The van der Waals surface area contributed by atoms with Gasteiger partial charge in [-0.2, -0.15) is 5.26 Å². The number of hydrogen-bond donors (Lipinski definition) is 0. The molecule has 4 nitrogen and oxygen atoms in total. The molecule has 1 saturated heterocycles. The number of hydrogen-bond acceptors (Lipinski definition) is 3. The lowest BCUT2D eigenvalue weighted by Crippen LogP contribution is -2.51. The minimum absolute atomic E-state index is 0.0225. The summed E-state index contributed by atoms with van der Waals surface area (Å²) in [4.78, 5) is 16.5. The Hall–Kier alpha value is -1.86. The summed E-state index contributed by atoms with van der Waals surface area (Å²) in [5.74, 6) is 0.104. The first-order valence-electron chi connectivity index (χ1n) is 7.16. The van der Waals surface area contributed by atoms with Crippen molar-refractivity contribution in [1.82, 2.24) is 9.80 Å². The van der Waals surface area contributed by atoms with Gasteiger partial charge in [-0.05, 0) is 25.0 Å². The molecule has 1 aromatic rings. The second kappa shape index (κ2) is 6.53. The van der Waals surface area contributed by atoms with Crippen LogP contribution in [0.1, 0.15) is 29.3 Å². The van der Waals surface area contributed by atoms with E-state index >= 15 is 0 Å². The maximum Gasteiger partial charge on any atom is 0.254 e. The molecule has 4 heteroatoms. The van der Waals surface area contributed by atoms with E-state index in [1.54, 1.807) is 0 Å². The molecule has 1 aromatic carbocycles. The fourth-order valence-electron chi connectivity index (χ4n) is 2.65. The molecule has 0 N–H and O–H groups in total. The Morgan fingerprint density at radius 3 is 2.50 bits per heavy atom. The lowest BCUT2D eigenvalue weighted by Gasteiger charge is -2.36. The van der Waals surface area contributed by atoms with Crippen molar-refractivity contribution >= 4 is 5.91 Å². The first-order chi connectivity index (χ1) is 9.67. The Labute approximate surface area is 120 Å². The Morgan fingerprint density at radius 2 is 1.95 bits per heavy atom. The zero-order chi connectivity index (χ0) is 14.5. The molecular formula is C16H21N3O. The summed E-state index contributed by atoms with van der Waals surface area (Å²) in [5, 5.41) is 9.10. The Morgan fingerprint density at radius 1 is 1.30 bits per heavy atom. The van der Waals surface area contributed by atoms with Crippen molar-refractivity contribution < 1.29 is 4.79 Å². The van der Waals surface area contributed by atoms with Gasteiger partial charge in [0, 0.05) is 31.7 Å². The van der Waals surface area contributed by atoms with Crippen molar-refractivity contribution in [1.29, 1.82) is 5.26 Å². The van der Waals surface area contributed by atoms with Gasteiger partial charge in [-0.25, -0.2) is 0 Å². The first kappa shape index (κ1) is 14.5. The molecule has 106 valence electrons. The van der Waals surface area contributed by atoms with Crippen LogP contribution in [-0.2, 0) is 0 Å². The van der Waals surface area contributed by atoms with Crippen LogP contribution >= 0.6 is 0 Å². The number of nitriles is 1. The van der Waals surface area contributed by atoms with Gasteiger partial charge in [0.15, 0.2) is 0 Å². The number of aryl methyl sites for hydroxylation is 1. The average molecular weight is 271 g/mol. The molecule has 1 heterocycles. The molecule has 1 fully saturated rings. The van der Waals surface area contributed by atoms with Crippen LogP contribution in [0, 0.1) is 18.3 Å². The van der Waals surface area contributed by atoms with Gasteiger partial charge in [0.25, 0.3) is 5.91 Å². The smallest absolute Gasteiger partial charge is 0.254 e. The fourth-order valence-corrected chi connectivity index (χ4v) is 2.65. The topological polar surface area (TPSA) is 47.3 Å². The Kier molecular flexibility index (Phi) is 4.75. The minimum atomic E-state index is -0.0225. The highest BCUT2D eigenvalue weighted by molar-refractivity contribution is 5.95. The lowest BCUT2D eigenvalue weighted by atomic mass is 10.1. The number of carbonyl (C=O) groups excluding carboxylic acids is 1. The summed E-state index contributed by atoms with van der Waals surface area (Å²) in [7, 11) is 0. The fraction of sp³-hybridized carbons (Fsp3) is 0.500. The summed E-state index contributed by atoms with van der Waals surface area (Å²) >= 11 is 0. The molecule has 2 rings (SSSR count). The molecule has 1 amide bonds. The van der Waals surface area contributed by atoms with Crippen LogP contribution in [0.2, 0.25) is 0 Å². The van der Waals surface area contributed by atoms with E-state index in [1.165, 1.54) is 0 Å². The first-order valence-corrected chi connectivity index (χ1v) is 7.16. The summed E-state index contributed by atoms with van der Waals surface area (Å²) in [6.45, 7) is 6.95. The van der Waals surface area contributed by atoms with E-state index in [2.05, 4.69) is 11.0 Å². The Balaban J connectivity index is 1.99. The quantitative estimate of drug-likeness (QED) is 0.845. The summed E-state index contributed by atoms with van der Waals surface area (Å²) in [5.41, 5.74) is 1.80. The van der Waals surface area contributed by atoms with Crippen molar-refractivity contribution in [3.05, 3.63) is 35.4 Å². The van der Waals surface area contributed by atoms with Crippen molar-refractivity contribution in [3.8, 4) is 6.07 Å². The summed E-state index contributed by atoms with van der Waals surface area (Å²) < 4.78 is 0. The van der Waals surface area contributed by atoms with E-state index in [0.29, 0.717) is 13.1 Å². The zero-order valence-corrected chi connectivity index (χ0v) is 12.2. The molecular weight excluding hydrogens is 250 g/mol. The Bertz CT molecular complexity index is 513. The van der Waals surface area contributed by atoms with Gasteiger partial charge in [-0.3, -0.25) is 9.69 Å². The third-order valence-corrected chi connectivity index (χ3v) is 3.95. The normalized spacial score (nSPS) is 17.6. The monoisotopic (exact) mass is 271 g/mol. The van der Waals surface area contributed by atoms with E-state index in [0.717, 1.165) is 30.6 Å². The maximum absolute atomic E-state index is 12.5. The minimum Gasteiger partial charge on any atom is -0.336 e. The molecule has 1 aliphatic rings. The molecule has 0 aromatic heterocycles. The van der Waals surface area contributed by atoms with Gasteiger partial charge >= 0.3 is 0 Å². The molecule has 0 bridgehead atoms. The predicted molar refractivity (Wildman–Crippen MR) is 78.3 cm³/mol. The van der Waals surface area contributed by atoms with Gasteiger partial charge in [0.2, 0.25) is 0 Å². The third kappa shape index (κ3) is 3.00. The highest BCUT2D eigenvalue weighted by Crippen LogP contribution is 2.14. The number of rotatable bonds is 3. The second-order valence-electron chi connectivity index (χ2n) is 5.20. The predicted octanol–water partition coefficient (Wildman–Crippen LogP) is 2.06. The van der Waals surface area contributed by atoms with Crippen LogP contribution in [0.3, 0.4) is 0 Å². The van der Waals surface area contributed by atoms with Crippen LogP contribution in [0.5, 0.6) is 0 Å². The third-order valence-electron chi connectivity index (χ3n) is 3.95. The van der Waals surface area contributed by atoms with Gasteiger partial charge in [0.1, 0.15) is 0 Å². The molecule has 0 radical (unpaired) electrons. The second-order valence-corrected chi connectivity index (χ2v) is 5.20. The standard InChI is InChI=1S/C16H21N3O/c1-3-14(12-17)18-8-10-19(11-9-18)16(20)15-7-5-4-6-13(15)2/h4-7,14H,3,8-11H2,1-2H3. The molecule has 1 aliphatic heterocycles. The number of piperazine rings is 1. The van der Waals surface area contributed by atoms with E-state index in [1.807, 2.05) is 43.0 Å². The van der Waals surface area contributed by atoms with Crippen LogP contribution < -0.4 is 0 Å². The number of nitrogens with zero attached hydrogens (tertiary/aromatic N) is 3. The molecule has 0 spiro atoms. The van der Waals surface area contributed by atoms with Gasteiger partial charge in [0.05, 0.1) is 12.1 Å². The molecule has 1 unspecified atom stereocenters. The van der Waals surface area contributed by atoms with Crippen molar-refractivity contribution in [2.24, 2.45) is 0 Å². The van der Waals surface area contributed by atoms with E-state index in [4.69, 9.17) is 5.26 Å². The maximum atomic E-state index is 12.5. The molecule has 0 saturated carbocycles. The van der Waals surface area contributed by atoms with Crippen LogP contribution in [0.15, 0.2) is 24.3 Å². The number of benzene rings is 1. The molecule has 1 atom stereocenters.